The van der Waals surface area contributed by atoms with Gasteiger partial charge >= 0.3 is 0 Å². The maximum Gasteiger partial charge on any atom is 0.0463 e. The van der Waals surface area contributed by atoms with Gasteiger partial charge in [-0.05, 0) is 37.9 Å². The summed E-state index contributed by atoms with van der Waals surface area (Å²) < 4.78 is 0. The molecule has 1 aliphatic rings. The molecule has 2 heteroatoms. The normalized spacial score (nSPS) is 23.7. The number of benzene rings is 1. The highest BCUT2D eigenvalue weighted by atomic mass is 28.3. The van der Waals surface area contributed by atoms with E-state index in [0.29, 0.717) is 12.0 Å². The van der Waals surface area contributed by atoms with E-state index in [0.717, 1.165) is 0 Å². The second-order valence-corrected chi connectivity index (χ2v) is 12.9. The van der Waals surface area contributed by atoms with E-state index in [-0.39, 0.29) is 0 Å². The Balaban J connectivity index is 2.39. The van der Waals surface area contributed by atoms with Gasteiger partial charge in [0.05, 0.1) is 0 Å². The van der Waals surface area contributed by atoms with E-state index in [1.54, 1.807) is 0 Å². The van der Waals surface area contributed by atoms with Crippen LogP contribution < -0.4 is 4.90 Å². The van der Waals surface area contributed by atoms with Gasteiger partial charge in [-0.15, -0.1) is 0 Å². The number of allylic oxidation sites excluding steroid dienone is 2. The lowest BCUT2D eigenvalue weighted by atomic mass is 9.82. The fourth-order valence-electron chi connectivity index (χ4n) is 3.42. The highest BCUT2D eigenvalue weighted by Crippen LogP contribution is 2.43. The van der Waals surface area contributed by atoms with E-state index in [9.17, 15) is 0 Å². The van der Waals surface area contributed by atoms with Crippen LogP contribution in [-0.4, -0.2) is 21.2 Å². The van der Waals surface area contributed by atoms with Gasteiger partial charge in [-0.1, -0.05) is 49.5 Å². The molecule has 1 aromatic carbocycles. The minimum absolute atomic E-state index is 0.605. The van der Waals surface area contributed by atoms with Crippen LogP contribution in [0, 0.1) is 0 Å². The summed E-state index contributed by atoms with van der Waals surface area (Å²) in [6, 6.07) is 11.0. The van der Waals surface area contributed by atoms with Crippen molar-refractivity contribution in [3.63, 3.8) is 0 Å². The molecule has 0 N–H and O–H groups in total. The maximum absolute atomic E-state index is 2.53. The Kier molecular flexibility index (Phi) is 4.43. The SMILES string of the molecule is C/C=C(\C)[C@H]1C[C@@H](C[Si](C)(C)C)N(C)c2ccccc21. The quantitative estimate of drug-likeness (QED) is 0.540. The van der Waals surface area contributed by atoms with E-state index >= 15 is 0 Å². The van der Waals surface area contributed by atoms with Crippen LogP contribution in [0.2, 0.25) is 25.7 Å². The summed E-state index contributed by atoms with van der Waals surface area (Å²) >= 11 is 0. The highest BCUT2D eigenvalue weighted by Gasteiger charge is 2.33. The Hall–Kier alpha value is -1.02. The van der Waals surface area contributed by atoms with Crippen molar-refractivity contribution in [2.75, 3.05) is 11.9 Å². The van der Waals surface area contributed by atoms with Crippen molar-refractivity contribution in [3.8, 4) is 0 Å². The predicted molar refractivity (Wildman–Crippen MR) is 93.6 cm³/mol. The van der Waals surface area contributed by atoms with Crippen molar-refractivity contribution in [2.24, 2.45) is 0 Å². The fraction of sp³-hybridized carbons (Fsp3) is 0.556. The summed E-state index contributed by atoms with van der Waals surface area (Å²) in [5.41, 5.74) is 4.47. The fourth-order valence-corrected chi connectivity index (χ4v) is 5.27. The summed E-state index contributed by atoms with van der Waals surface area (Å²) in [4.78, 5) is 2.53. The van der Waals surface area contributed by atoms with Gasteiger partial charge in [-0.2, -0.15) is 0 Å². The predicted octanol–water partition coefficient (Wildman–Crippen LogP) is 5.28. The zero-order chi connectivity index (χ0) is 14.9. The topological polar surface area (TPSA) is 3.24 Å². The van der Waals surface area contributed by atoms with Crippen molar-refractivity contribution in [2.45, 2.75) is 57.9 Å². The molecular weight excluding hydrogens is 258 g/mol. The third-order valence-corrected chi connectivity index (χ3v) is 6.30. The number of fused-ring (bicyclic) bond motifs is 1. The van der Waals surface area contributed by atoms with Gasteiger partial charge in [0.25, 0.3) is 0 Å². The second-order valence-electron chi connectivity index (χ2n) is 7.41. The van der Waals surface area contributed by atoms with E-state index in [1.807, 2.05) is 0 Å². The summed E-state index contributed by atoms with van der Waals surface area (Å²) in [5.74, 6) is 0.605. The molecule has 0 bridgehead atoms. The molecule has 0 aliphatic carbocycles. The van der Waals surface area contributed by atoms with E-state index in [2.05, 4.69) is 75.8 Å². The lowest BCUT2D eigenvalue weighted by molar-refractivity contribution is 0.541. The third-order valence-electron chi connectivity index (χ3n) is 4.60. The van der Waals surface area contributed by atoms with Crippen LogP contribution in [-0.2, 0) is 0 Å². The molecule has 0 radical (unpaired) electrons. The van der Waals surface area contributed by atoms with Crippen molar-refractivity contribution in [3.05, 3.63) is 41.5 Å². The van der Waals surface area contributed by atoms with Crippen LogP contribution in [0.1, 0.15) is 31.7 Å². The molecule has 2 atom stereocenters. The Morgan fingerprint density at radius 3 is 2.55 bits per heavy atom. The molecule has 0 fully saturated rings. The number of para-hydroxylation sites is 1. The lowest BCUT2D eigenvalue weighted by Crippen LogP contribution is -2.42. The molecule has 20 heavy (non-hydrogen) atoms. The van der Waals surface area contributed by atoms with E-state index < -0.39 is 8.07 Å². The van der Waals surface area contributed by atoms with Gasteiger partial charge in [0.15, 0.2) is 0 Å². The largest absolute Gasteiger partial charge is 0.372 e. The smallest absolute Gasteiger partial charge is 0.0463 e. The van der Waals surface area contributed by atoms with Crippen molar-refractivity contribution >= 4 is 13.8 Å². The Labute approximate surface area is 125 Å². The van der Waals surface area contributed by atoms with Gasteiger partial charge in [0.2, 0.25) is 0 Å². The van der Waals surface area contributed by atoms with Crippen LogP contribution >= 0.6 is 0 Å². The molecule has 0 saturated carbocycles. The van der Waals surface area contributed by atoms with E-state index in [4.69, 9.17) is 0 Å². The van der Waals surface area contributed by atoms with Crippen LogP contribution in [0.25, 0.3) is 0 Å². The first-order valence-electron chi connectivity index (χ1n) is 7.78. The second kappa shape index (κ2) is 5.77. The highest BCUT2D eigenvalue weighted by molar-refractivity contribution is 6.76. The number of nitrogens with zero attached hydrogens (tertiary/aromatic N) is 1. The lowest BCUT2D eigenvalue weighted by Gasteiger charge is -2.42. The number of anilines is 1. The molecule has 1 aliphatic heterocycles. The van der Waals surface area contributed by atoms with Gasteiger partial charge in [-0.3, -0.25) is 0 Å². The third kappa shape index (κ3) is 3.17. The molecule has 0 spiro atoms. The van der Waals surface area contributed by atoms with Crippen molar-refractivity contribution in [1.29, 1.82) is 0 Å². The molecule has 0 aromatic heterocycles. The molecule has 0 saturated heterocycles. The van der Waals surface area contributed by atoms with Crippen LogP contribution in [0.15, 0.2) is 35.9 Å². The van der Waals surface area contributed by atoms with Gasteiger partial charge in [0.1, 0.15) is 0 Å². The standard InChI is InChI=1S/C18H29NSi/c1-7-14(2)17-12-15(13-20(4,5)6)19(3)18-11-9-8-10-16(17)18/h7-11,15,17H,12-13H2,1-6H3/b14-7+/t15-,17+/m0/s1. The van der Waals surface area contributed by atoms with Gasteiger partial charge < -0.3 is 4.90 Å². The average molecular weight is 288 g/mol. The molecule has 0 amide bonds. The van der Waals surface area contributed by atoms with Crippen molar-refractivity contribution < 1.29 is 0 Å². The monoisotopic (exact) mass is 287 g/mol. The van der Waals surface area contributed by atoms with Gasteiger partial charge in [0, 0.05) is 32.8 Å². The molecule has 110 valence electrons. The van der Waals surface area contributed by atoms with Crippen LogP contribution in [0.4, 0.5) is 5.69 Å². The molecule has 2 rings (SSSR count). The molecule has 1 heterocycles. The van der Waals surface area contributed by atoms with Crippen LogP contribution in [0.5, 0.6) is 0 Å². The molecular formula is C18H29NSi. The minimum atomic E-state index is -1.04. The van der Waals surface area contributed by atoms with E-state index in [1.165, 1.54) is 29.3 Å². The Morgan fingerprint density at radius 2 is 1.95 bits per heavy atom. The van der Waals surface area contributed by atoms with Crippen LogP contribution in [0.3, 0.4) is 0 Å². The number of rotatable bonds is 3. The zero-order valence-electron chi connectivity index (χ0n) is 13.9. The average Bonchev–Trinajstić information content (AvgIpc) is 2.40. The number of hydrogen-bond acceptors (Lipinski definition) is 1. The molecule has 1 nitrogen and oxygen atoms in total. The minimum Gasteiger partial charge on any atom is -0.372 e. The first-order chi connectivity index (χ1) is 9.33. The summed E-state index contributed by atoms with van der Waals surface area (Å²) in [6.45, 7) is 11.9. The Morgan fingerprint density at radius 1 is 1.30 bits per heavy atom. The zero-order valence-corrected chi connectivity index (χ0v) is 14.9. The summed E-state index contributed by atoms with van der Waals surface area (Å²) in [7, 11) is 1.24. The molecule has 1 aromatic rings. The number of hydrogen-bond donors (Lipinski definition) is 0. The van der Waals surface area contributed by atoms with Gasteiger partial charge in [-0.25, -0.2) is 0 Å². The Bertz CT molecular complexity index is 498. The van der Waals surface area contributed by atoms with Crippen molar-refractivity contribution in [1.82, 2.24) is 0 Å². The summed E-state index contributed by atoms with van der Waals surface area (Å²) in [5, 5.41) is 0. The summed E-state index contributed by atoms with van der Waals surface area (Å²) in [6.07, 6.45) is 3.56. The first kappa shape index (κ1) is 15.4. The first-order valence-corrected chi connectivity index (χ1v) is 11.5. The molecule has 0 unspecified atom stereocenters. The maximum atomic E-state index is 2.53.